The third-order valence-electron chi connectivity index (χ3n) is 3.67. The average Bonchev–Trinajstić information content (AvgIpc) is 2.54. The number of hydrogen-bond donors (Lipinski definition) is 0. The molecule has 2 rings (SSSR count). The number of piperazine rings is 1. The lowest BCUT2D eigenvalue weighted by molar-refractivity contribution is 0.0194. The Labute approximate surface area is 159 Å². The number of hydrogen-bond acceptors (Lipinski definition) is 4. The number of benzene rings is 1. The summed E-state index contributed by atoms with van der Waals surface area (Å²) in [7, 11) is -2.66. The summed E-state index contributed by atoms with van der Waals surface area (Å²) in [5.41, 5.74) is -0.517. The standard InChI is InChI=1S/C17H26BrN3O3S/c1-5-19-25(23,15-8-6-14(18)7-9-15)21-12-10-20(11-13-21)16(22)24-17(2,3)4/h6-9H,5,10-13H2,1-4H3. The first-order valence-corrected chi connectivity index (χ1v) is 10.6. The van der Waals surface area contributed by atoms with E-state index in [1.807, 2.05) is 56.3 Å². The van der Waals surface area contributed by atoms with Gasteiger partial charge in [0.2, 0.25) is 0 Å². The van der Waals surface area contributed by atoms with Gasteiger partial charge in [-0.2, -0.15) is 0 Å². The van der Waals surface area contributed by atoms with Gasteiger partial charge in [0, 0.05) is 37.2 Å². The third-order valence-corrected chi connectivity index (χ3v) is 6.75. The zero-order valence-electron chi connectivity index (χ0n) is 15.2. The van der Waals surface area contributed by atoms with E-state index in [-0.39, 0.29) is 6.09 Å². The van der Waals surface area contributed by atoms with Crippen molar-refractivity contribution in [2.24, 2.45) is 4.36 Å². The molecule has 8 heteroatoms. The molecule has 0 saturated carbocycles. The van der Waals surface area contributed by atoms with Gasteiger partial charge in [-0.3, -0.25) is 0 Å². The molecule has 0 aliphatic carbocycles. The summed E-state index contributed by atoms with van der Waals surface area (Å²) in [5, 5.41) is 0. The fourth-order valence-corrected chi connectivity index (χ4v) is 4.91. The fraction of sp³-hybridized carbons (Fsp3) is 0.588. The van der Waals surface area contributed by atoms with Gasteiger partial charge in [-0.15, -0.1) is 0 Å². The number of nitrogens with zero attached hydrogens (tertiary/aromatic N) is 3. The molecule has 1 saturated heterocycles. The quantitative estimate of drug-likeness (QED) is 0.731. The molecule has 0 N–H and O–H groups in total. The molecular formula is C17H26BrN3O3S. The lowest BCUT2D eigenvalue weighted by Gasteiger charge is -2.36. The Morgan fingerprint density at radius 3 is 2.24 bits per heavy atom. The second-order valence-corrected chi connectivity index (χ2v) is 9.95. The monoisotopic (exact) mass is 431 g/mol. The SMILES string of the molecule is CCN=S(=O)(c1ccc(Br)cc1)N1CCN(C(=O)OC(C)(C)C)CC1. The Morgan fingerprint density at radius 1 is 1.20 bits per heavy atom. The Morgan fingerprint density at radius 2 is 1.76 bits per heavy atom. The van der Waals surface area contributed by atoms with Crippen molar-refractivity contribution in [3.05, 3.63) is 28.7 Å². The highest BCUT2D eigenvalue weighted by molar-refractivity contribution is 9.10. The van der Waals surface area contributed by atoms with Crippen LogP contribution in [0, 0.1) is 0 Å². The van der Waals surface area contributed by atoms with Crippen molar-refractivity contribution in [1.82, 2.24) is 9.21 Å². The molecule has 25 heavy (non-hydrogen) atoms. The summed E-state index contributed by atoms with van der Waals surface area (Å²) in [6, 6.07) is 7.42. The molecule has 0 radical (unpaired) electrons. The number of halogens is 1. The first-order chi connectivity index (χ1) is 11.7. The highest BCUT2D eigenvalue weighted by Gasteiger charge is 2.30. The van der Waals surface area contributed by atoms with Crippen molar-refractivity contribution in [2.75, 3.05) is 32.7 Å². The summed E-state index contributed by atoms with van der Waals surface area (Å²) >= 11 is 3.40. The van der Waals surface area contributed by atoms with Crippen molar-refractivity contribution < 1.29 is 13.7 Å². The van der Waals surface area contributed by atoms with Gasteiger partial charge in [0.25, 0.3) is 0 Å². The number of rotatable bonds is 3. The highest BCUT2D eigenvalue weighted by Crippen LogP contribution is 2.23. The van der Waals surface area contributed by atoms with Crippen LogP contribution in [-0.2, 0) is 14.7 Å². The van der Waals surface area contributed by atoms with Crippen LogP contribution in [0.1, 0.15) is 27.7 Å². The van der Waals surface area contributed by atoms with E-state index in [1.54, 1.807) is 4.90 Å². The van der Waals surface area contributed by atoms with Gasteiger partial charge in [0.15, 0.2) is 0 Å². The maximum Gasteiger partial charge on any atom is 0.410 e. The Kier molecular flexibility index (Phi) is 6.51. The lowest BCUT2D eigenvalue weighted by atomic mass is 10.2. The molecule has 1 aromatic rings. The van der Waals surface area contributed by atoms with E-state index in [0.717, 1.165) is 4.47 Å². The molecule has 0 spiro atoms. The van der Waals surface area contributed by atoms with E-state index in [1.165, 1.54) is 0 Å². The van der Waals surface area contributed by atoms with Gasteiger partial charge in [0.1, 0.15) is 15.5 Å². The van der Waals surface area contributed by atoms with Crippen molar-refractivity contribution in [2.45, 2.75) is 38.2 Å². The second-order valence-electron chi connectivity index (χ2n) is 6.79. The van der Waals surface area contributed by atoms with Crippen LogP contribution >= 0.6 is 15.9 Å². The molecular weight excluding hydrogens is 406 g/mol. The number of carbonyl (C=O) groups excluding carboxylic acids is 1. The molecule has 1 atom stereocenters. The summed E-state index contributed by atoms with van der Waals surface area (Å²) in [6.45, 7) is 9.85. The largest absolute Gasteiger partial charge is 0.444 e. The van der Waals surface area contributed by atoms with Crippen molar-refractivity contribution in [1.29, 1.82) is 0 Å². The van der Waals surface area contributed by atoms with Crippen LogP contribution < -0.4 is 0 Å². The lowest BCUT2D eigenvalue weighted by Crippen LogP contribution is -2.51. The van der Waals surface area contributed by atoms with E-state index in [4.69, 9.17) is 4.74 Å². The van der Waals surface area contributed by atoms with Crippen molar-refractivity contribution >= 4 is 31.9 Å². The van der Waals surface area contributed by atoms with Gasteiger partial charge < -0.3 is 9.64 Å². The molecule has 0 aromatic heterocycles. The molecule has 1 aliphatic rings. The molecule has 140 valence electrons. The Hall–Kier alpha value is -1.12. The Bertz CT molecular complexity index is 714. The summed E-state index contributed by atoms with van der Waals surface area (Å²) in [4.78, 5) is 14.5. The molecule has 0 bridgehead atoms. The maximum absolute atomic E-state index is 13.6. The summed E-state index contributed by atoms with van der Waals surface area (Å²) < 4.78 is 26.2. The van der Waals surface area contributed by atoms with Crippen LogP contribution in [0.2, 0.25) is 0 Å². The van der Waals surface area contributed by atoms with Crippen LogP contribution in [0.3, 0.4) is 0 Å². The number of carbonyl (C=O) groups is 1. The number of amides is 1. The molecule has 6 nitrogen and oxygen atoms in total. The summed E-state index contributed by atoms with van der Waals surface area (Å²) in [5.74, 6) is 0. The van der Waals surface area contributed by atoms with Crippen molar-refractivity contribution in [3.8, 4) is 0 Å². The van der Waals surface area contributed by atoms with Gasteiger partial charge in [-0.1, -0.05) is 15.9 Å². The molecule has 1 unspecified atom stereocenters. The van der Waals surface area contributed by atoms with Gasteiger partial charge in [0.05, 0.1) is 4.90 Å². The predicted octanol–water partition coefficient (Wildman–Crippen LogP) is 3.76. The minimum Gasteiger partial charge on any atom is -0.444 e. The smallest absolute Gasteiger partial charge is 0.410 e. The second kappa shape index (κ2) is 8.05. The first-order valence-electron chi connectivity index (χ1n) is 8.37. The minimum absolute atomic E-state index is 0.324. The fourth-order valence-electron chi connectivity index (χ4n) is 2.54. The van der Waals surface area contributed by atoms with Gasteiger partial charge in [-0.25, -0.2) is 17.7 Å². The molecule has 1 fully saturated rings. The van der Waals surface area contributed by atoms with E-state index in [2.05, 4.69) is 20.3 Å². The van der Waals surface area contributed by atoms with E-state index >= 15 is 0 Å². The van der Waals surface area contributed by atoms with Crippen LogP contribution in [-0.4, -0.2) is 57.8 Å². The summed E-state index contributed by atoms with van der Waals surface area (Å²) in [6.07, 6.45) is -0.324. The molecule has 1 aliphatic heterocycles. The highest BCUT2D eigenvalue weighted by atomic mass is 79.9. The van der Waals surface area contributed by atoms with Crippen LogP contribution in [0.5, 0.6) is 0 Å². The molecule has 1 amide bonds. The van der Waals surface area contributed by atoms with Gasteiger partial charge >= 0.3 is 6.09 Å². The van der Waals surface area contributed by atoms with Crippen LogP contribution in [0.15, 0.2) is 38.0 Å². The average molecular weight is 432 g/mol. The minimum atomic E-state index is -2.66. The Balaban J connectivity index is 2.14. The molecule has 1 aromatic carbocycles. The predicted molar refractivity (Wildman–Crippen MR) is 103 cm³/mol. The van der Waals surface area contributed by atoms with E-state index in [0.29, 0.717) is 37.6 Å². The zero-order valence-corrected chi connectivity index (χ0v) is 17.6. The molecule has 1 heterocycles. The normalized spacial score (nSPS) is 18.5. The number of ether oxygens (including phenoxy) is 1. The topological polar surface area (TPSA) is 62.2 Å². The zero-order chi connectivity index (χ0) is 18.7. The van der Waals surface area contributed by atoms with E-state index in [9.17, 15) is 9.00 Å². The maximum atomic E-state index is 13.6. The third kappa shape index (κ3) is 5.18. The van der Waals surface area contributed by atoms with E-state index < -0.39 is 15.5 Å². The van der Waals surface area contributed by atoms with Crippen LogP contribution in [0.4, 0.5) is 4.79 Å². The van der Waals surface area contributed by atoms with Crippen LogP contribution in [0.25, 0.3) is 0 Å². The van der Waals surface area contributed by atoms with Crippen molar-refractivity contribution in [3.63, 3.8) is 0 Å². The first kappa shape index (κ1) is 20.2. The van der Waals surface area contributed by atoms with Gasteiger partial charge in [-0.05, 0) is 52.0 Å².